The van der Waals surface area contributed by atoms with Gasteiger partial charge in [0.2, 0.25) is 5.91 Å². The molecule has 1 aliphatic rings. The van der Waals surface area contributed by atoms with Crippen molar-refractivity contribution in [3.8, 4) is 0 Å². The van der Waals surface area contributed by atoms with Crippen molar-refractivity contribution in [2.75, 3.05) is 6.54 Å². The summed E-state index contributed by atoms with van der Waals surface area (Å²) in [6.07, 6.45) is 8.19. The number of aliphatic hydroxyl groups is 1. The molecule has 0 bridgehead atoms. The van der Waals surface area contributed by atoms with Crippen LogP contribution in [0.4, 0.5) is 0 Å². The molecule has 0 aromatic rings. The molecule has 0 spiro atoms. The van der Waals surface area contributed by atoms with Crippen molar-refractivity contribution in [2.24, 2.45) is 17.6 Å². The van der Waals surface area contributed by atoms with E-state index in [0.717, 1.165) is 19.4 Å². The molecule has 0 aromatic heterocycles. The largest absolute Gasteiger partial charge is 0.391 e. The number of hydrogen-bond donors (Lipinski definition) is 3. The van der Waals surface area contributed by atoms with E-state index in [1.165, 1.54) is 32.1 Å². The molecule has 1 amide bonds. The van der Waals surface area contributed by atoms with Gasteiger partial charge in [0.05, 0.1) is 6.10 Å². The number of carbonyl (C=O) groups excluding carboxylic acids is 1. The molecule has 0 aromatic carbocycles. The zero-order chi connectivity index (χ0) is 16.5. The lowest BCUT2D eigenvalue weighted by Gasteiger charge is -2.30. The first kappa shape index (κ1) is 19.2. The molecule has 1 fully saturated rings. The van der Waals surface area contributed by atoms with Crippen LogP contribution in [-0.4, -0.2) is 29.7 Å². The minimum atomic E-state index is -0.589. The average Bonchev–Trinajstić information content (AvgIpc) is 2.46. The van der Waals surface area contributed by atoms with Crippen LogP contribution in [0.1, 0.15) is 65.2 Å². The molecule has 4 nitrogen and oxygen atoms in total. The third-order valence-electron chi connectivity index (χ3n) is 4.71. The molecule has 0 radical (unpaired) electrons. The van der Waals surface area contributed by atoms with Gasteiger partial charge in [-0.1, -0.05) is 52.5 Å². The second-order valence-corrected chi connectivity index (χ2v) is 7.22. The predicted octanol–water partition coefficient (Wildman–Crippen LogP) is 2.75. The second-order valence-electron chi connectivity index (χ2n) is 7.22. The van der Waals surface area contributed by atoms with Crippen LogP contribution < -0.4 is 11.1 Å². The maximum Gasteiger partial charge on any atom is 0.244 e. The molecule has 0 aliphatic heterocycles. The molecule has 0 saturated heterocycles. The summed E-state index contributed by atoms with van der Waals surface area (Å²) in [5, 5.41) is 14.0. The first-order chi connectivity index (χ1) is 10.4. The molecule has 1 rings (SSSR count). The highest BCUT2D eigenvalue weighted by molar-refractivity contribution is 5.91. The smallest absolute Gasteiger partial charge is 0.244 e. The zero-order valence-corrected chi connectivity index (χ0v) is 14.3. The van der Waals surface area contributed by atoms with Crippen molar-refractivity contribution in [2.45, 2.75) is 77.4 Å². The average molecular weight is 310 g/mol. The Labute approximate surface area is 135 Å². The van der Waals surface area contributed by atoms with Crippen LogP contribution in [0.2, 0.25) is 0 Å². The van der Waals surface area contributed by atoms with Crippen molar-refractivity contribution >= 4 is 5.91 Å². The number of hydrogen-bond acceptors (Lipinski definition) is 3. The van der Waals surface area contributed by atoms with Crippen molar-refractivity contribution in [1.29, 1.82) is 0 Å². The van der Waals surface area contributed by atoms with Gasteiger partial charge in [0, 0.05) is 18.0 Å². The number of amides is 1. The molecule has 0 unspecified atom stereocenters. The molecule has 1 aliphatic carbocycles. The summed E-state index contributed by atoms with van der Waals surface area (Å²) in [5.74, 6) is 0.806. The van der Waals surface area contributed by atoms with E-state index in [1.54, 1.807) is 0 Å². The summed E-state index contributed by atoms with van der Waals surface area (Å²) in [7, 11) is 0. The van der Waals surface area contributed by atoms with Crippen LogP contribution in [0.25, 0.3) is 0 Å². The summed E-state index contributed by atoms with van der Waals surface area (Å²) >= 11 is 0. The van der Waals surface area contributed by atoms with E-state index >= 15 is 0 Å². The Hall–Kier alpha value is -0.870. The van der Waals surface area contributed by atoms with Crippen LogP contribution in [0.3, 0.4) is 0 Å². The summed E-state index contributed by atoms with van der Waals surface area (Å²) in [6, 6.07) is 0.0259. The highest BCUT2D eigenvalue weighted by Gasteiger charge is 2.25. The van der Waals surface area contributed by atoms with E-state index in [-0.39, 0.29) is 12.5 Å². The van der Waals surface area contributed by atoms with E-state index in [9.17, 15) is 9.90 Å². The summed E-state index contributed by atoms with van der Waals surface area (Å²) < 4.78 is 0. The highest BCUT2D eigenvalue weighted by Crippen LogP contribution is 2.28. The lowest BCUT2D eigenvalue weighted by Crippen LogP contribution is -2.43. The van der Waals surface area contributed by atoms with E-state index in [0.29, 0.717) is 17.4 Å². The second kappa shape index (κ2) is 10.0. The molecular weight excluding hydrogens is 276 g/mol. The topological polar surface area (TPSA) is 75.3 Å². The van der Waals surface area contributed by atoms with Gasteiger partial charge < -0.3 is 16.2 Å². The first-order valence-corrected chi connectivity index (χ1v) is 8.79. The summed E-state index contributed by atoms with van der Waals surface area (Å²) in [6.45, 7) is 8.96. The molecule has 0 heterocycles. The van der Waals surface area contributed by atoms with Gasteiger partial charge >= 0.3 is 0 Å². The molecule has 22 heavy (non-hydrogen) atoms. The first-order valence-electron chi connectivity index (χ1n) is 8.79. The fraction of sp³-hybridized carbons (Fsp3) is 0.833. The molecule has 2 atom stereocenters. The summed E-state index contributed by atoms with van der Waals surface area (Å²) in [5.41, 5.74) is 5.55. The standard InChI is InChI=1S/C18H34N2O2/c1-13(2)9-10-20-16(12-15-7-5-4-6-8-15)17(21)11-14(3)18(19)22/h13,15-17,20-21H,3-12H2,1-2H3,(H2,19,22)/t16-,17-/m0/s1. The monoisotopic (exact) mass is 310 g/mol. The van der Waals surface area contributed by atoms with E-state index in [2.05, 4.69) is 25.7 Å². The van der Waals surface area contributed by atoms with E-state index in [1.807, 2.05) is 0 Å². The third-order valence-corrected chi connectivity index (χ3v) is 4.71. The Morgan fingerprint density at radius 1 is 1.32 bits per heavy atom. The number of nitrogens with two attached hydrogens (primary N) is 1. The summed E-state index contributed by atoms with van der Waals surface area (Å²) in [4.78, 5) is 11.1. The Kier molecular flexibility index (Phi) is 8.72. The number of primary amides is 1. The van der Waals surface area contributed by atoms with E-state index in [4.69, 9.17) is 5.73 Å². The Balaban J connectivity index is 2.54. The maximum absolute atomic E-state index is 11.1. The normalized spacial score (nSPS) is 19.1. The Bertz CT molecular complexity index is 349. The Morgan fingerprint density at radius 2 is 1.95 bits per heavy atom. The fourth-order valence-corrected chi connectivity index (χ4v) is 3.21. The van der Waals surface area contributed by atoms with Gasteiger partial charge in [0.15, 0.2) is 0 Å². The highest BCUT2D eigenvalue weighted by atomic mass is 16.3. The zero-order valence-electron chi connectivity index (χ0n) is 14.3. The molecule has 4 N–H and O–H groups in total. The van der Waals surface area contributed by atoms with Crippen molar-refractivity contribution in [3.05, 3.63) is 12.2 Å². The lowest BCUT2D eigenvalue weighted by molar-refractivity contribution is -0.115. The Morgan fingerprint density at radius 3 is 2.50 bits per heavy atom. The molecule has 1 saturated carbocycles. The van der Waals surface area contributed by atoms with Gasteiger partial charge in [-0.2, -0.15) is 0 Å². The molecule has 128 valence electrons. The van der Waals surface area contributed by atoms with Crippen LogP contribution in [0.15, 0.2) is 12.2 Å². The quantitative estimate of drug-likeness (QED) is 0.543. The molecule has 4 heteroatoms. The van der Waals surface area contributed by atoms with Gasteiger partial charge in [-0.25, -0.2) is 0 Å². The van der Waals surface area contributed by atoms with Crippen molar-refractivity contribution in [3.63, 3.8) is 0 Å². The maximum atomic E-state index is 11.1. The van der Waals surface area contributed by atoms with Gasteiger partial charge in [0.25, 0.3) is 0 Å². The van der Waals surface area contributed by atoms with E-state index < -0.39 is 12.0 Å². The van der Waals surface area contributed by atoms with Crippen molar-refractivity contribution < 1.29 is 9.90 Å². The van der Waals surface area contributed by atoms with Gasteiger partial charge in [0.1, 0.15) is 0 Å². The molecular formula is C18H34N2O2. The van der Waals surface area contributed by atoms with Gasteiger partial charge in [-0.3, -0.25) is 4.79 Å². The predicted molar refractivity (Wildman–Crippen MR) is 91.4 cm³/mol. The van der Waals surface area contributed by atoms with Crippen LogP contribution in [0, 0.1) is 11.8 Å². The van der Waals surface area contributed by atoms with Crippen LogP contribution >= 0.6 is 0 Å². The lowest BCUT2D eigenvalue weighted by atomic mass is 9.83. The number of carbonyl (C=O) groups is 1. The van der Waals surface area contributed by atoms with Crippen LogP contribution in [-0.2, 0) is 4.79 Å². The third kappa shape index (κ3) is 7.41. The van der Waals surface area contributed by atoms with Gasteiger partial charge in [-0.15, -0.1) is 0 Å². The SMILES string of the molecule is C=C(C[C@H](O)[C@H](CC1CCCCC1)NCCC(C)C)C(N)=O. The van der Waals surface area contributed by atoms with Crippen LogP contribution in [0.5, 0.6) is 0 Å². The number of nitrogens with one attached hydrogen (secondary N) is 1. The van der Waals surface area contributed by atoms with Crippen molar-refractivity contribution in [1.82, 2.24) is 5.32 Å². The number of rotatable bonds is 10. The van der Waals surface area contributed by atoms with Gasteiger partial charge in [-0.05, 0) is 31.2 Å². The minimum Gasteiger partial charge on any atom is -0.391 e. The minimum absolute atomic E-state index is 0.0259. The fourth-order valence-electron chi connectivity index (χ4n) is 3.21. The number of aliphatic hydroxyl groups excluding tert-OH is 1.